The summed E-state index contributed by atoms with van der Waals surface area (Å²) in [6.45, 7) is 3.19. The fraction of sp³-hybridized carbons (Fsp3) is 0.955. The Hall–Kier alpha value is -0.610. The SMILES string of the molecule is CCCCCCCCCCCCCCCCCC(=O)NCC[N+](C)(C)[O-]. The summed E-state index contributed by atoms with van der Waals surface area (Å²) in [5.74, 6) is 0.0909. The van der Waals surface area contributed by atoms with E-state index in [-0.39, 0.29) is 10.6 Å². The molecule has 0 rings (SSSR count). The van der Waals surface area contributed by atoms with Crippen LogP contribution in [0.15, 0.2) is 0 Å². The van der Waals surface area contributed by atoms with Gasteiger partial charge in [0.05, 0.1) is 27.2 Å². The molecule has 0 heterocycles. The summed E-state index contributed by atoms with van der Waals surface area (Å²) in [6.07, 6.45) is 20.7. The second kappa shape index (κ2) is 17.8. The quantitative estimate of drug-likeness (QED) is 0.174. The van der Waals surface area contributed by atoms with Crippen LogP contribution in [0.1, 0.15) is 110 Å². The third kappa shape index (κ3) is 21.4. The second-order valence-corrected chi connectivity index (χ2v) is 8.35. The first-order chi connectivity index (χ1) is 12.5. The monoisotopic (exact) mass is 370 g/mol. The van der Waals surface area contributed by atoms with Crippen LogP contribution >= 0.6 is 0 Å². The van der Waals surface area contributed by atoms with Gasteiger partial charge in [-0.3, -0.25) is 4.79 Å². The number of unbranched alkanes of at least 4 members (excludes halogenated alkanes) is 14. The number of nitrogens with one attached hydrogen (secondary N) is 1. The fourth-order valence-corrected chi connectivity index (χ4v) is 3.21. The highest BCUT2D eigenvalue weighted by Crippen LogP contribution is 2.13. The van der Waals surface area contributed by atoms with Gasteiger partial charge in [0.15, 0.2) is 0 Å². The van der Waals surface area contributed by atoms with E-state index in [1.54, 1.807) is 14.1 Å². The van der Waals surface area contributed by atoms with Gasteiger partial charge in [0, 0.05) is 6.42 Å². The number of amides is 1. The van der Waals surface area contributed by atoms with Gasteiger partial charge in [-0.25, -0.2) is 0 Å². The molecule has 0 aromatic heterocycles. The summed E-state index contributed by atoms with van der Waals surface area (Å²) in [6, 6.07) is 0. The van der Waals surface area contributed by atoms with Crippen molar-refractivity contribution in [3.8, 4) is 0 Å². The summed E-state index contributed by atoms with van der Waals surface area (Å²) in [5, 5.41) is 14.2. The molecule has 26 heavy (non-hydrogen) atoms. The van der Waals surface area contributed by atoms with Gasteiger partial charge in [-0.1, -0.05) is 96.8 Å². The Kier molecular flexibility index (Phi) is 17.4. The Morgan fingerprint density at radius 1 is 0.731 bits per heavy atom. The Bertz CT molecular complexity index is 314. The molecule has 0 spiro atoms. The van der Waals surface area contributed by atoms with Crippen LogP contribution in [-0.4, -0.2) is 37.7 Å². The average molecular weight is 371 g/mol. The number of quaternary nitrogens is 1. The van der Waals surface area contributed by atoms with E-state index in [1.807, 2.05) is 0 Å². The predicted molar refractivity (Wildman–Crippen MR) is 113 cm³/mol. The van der Waals surface area contributed by atoms with Crippen LogP contribution in [0.4, 0.5) is 0 Å². The molecule has 156 valence electrons. The molecule has 1 amide bonds. The van der Waals surface area contributed by atoms with Gasteiger partial charge in [0.25, 0.3) is 0 Å². The molecule has 0 atom stereocenters. The highest BCUT2D eigenvalue weighted by molar-refractivity contribution is 5.75. The van der Waals surface area contributed by atoms with E-state index < -0.39 is 0 Å². The number of hydroxylamine groups is 3. The minimum absolute atomic E-state index is 0.0909. The Morgan fingerprint density at radius 3 is 1.50 bits per heavy atom. The van der Waals surface area contributed by atoms with Crippen molar-refractivity contribution in [1.82, 2.24) is 5.32 Å². The third-order valence-electron chi connectivity index (χ3n) is 4.98. The van der Waals surface area contributed by atoms with E-state index >= 15 is 0 Å². The van der Waals surface area contributed by atoms with Crippen LogP contribution in [0.3, 0.4) is 0 Å². The number of hydrogen-bond acceptors (Lipinski definition) is 2. The van der Waals surface area contributed by atoms with E-state index in [2.05, 4.69) is 12.2 Å². The molecule has 0 aliphatic rings. The van der Waals surface area contributed by atoms with Crippen LogP contribution in [-0.2, 0) is 4.79 Å². The van der Waals surface area contributed by atoms with Crippen molar-refractivity contribution in [1.29, 1.82) is 0 Å². The van der Waals surface area contributed by atoms with Crippen molar-refractivity contribution < 1.29 is 9.44 Å². The molecule has 0 aliphatic carbocycles. The molecule has 4 nitrogen and oxygen atoms in total. The van der Waals surface area contributed by atoms with E-state index in [1.165, 1.54) is 83.5 Å². The highest BCUT2D eigenvalue weighted by Gasteiger charge is 2.04. The topological polar surface area (TPSA) is 52.2 Å². The van der Waals surface area contributed by atoms with E-state index in [4.69, 9.17) is 0 Å². The van der Waals surface area contributed by atoms with Crippen molar-refractivity contribution >= 4 is 5.91 Å². The molecule has 0 aromatic carbocycles. The zero-order valence-electron chi connectivity index (χ0n) is 18.0. The molecule has 0 aliphatic heterocycles. The Morgan fingerprint density at radius 2 is 1.12 bits per heavy atom. The van der Waals surface area contributed by atoms with Crippen molar-refractivity contribution in [2.75, 3.05) is 27.2 Å². The van der Waals surface area contributed by atoms with Crippen LogP contribution in [0.2, 0.25) is 0 Å². The van der Waals surface area contributed by atoms with E-state index in [0.29, 0.717) is 19.5 Å². The average Bonchev–Trinajstić information content (AvgIpc) is 2.57. The van der Waals surface area contributed by atoms with Crippen molar-refractivity contribution in [3.05, 3.63) is 5.21 Å². The summed E-state index contributed by atoms with van der Waals surface area (Å²) in [4.78, 5) is 11.6. The number of hydrogen-bond donors (Lipinski definition) is 1. The van der Waals surface area contributed by atoms with Crippen molar-refractivity contribution in [2.45, 2.75) is 110 Å². The zero-order valence-corrected chi connectivity index (χ0v) is 18.0. The normalized spacial score (nSPS) is 11.7. The van der Waals surface area contributed by atoms with Crippen LogP contribution < -0.4 is 5.32 Å². The largest absolute Gasteiger partial charge is 0.633 e. The number of carbonyl (C=O) groups is 1. The van der Waals surface area contributed by atoms with Crippen LogP contribution in [0.25, 0.3) is 0 Å². The molecule has 0 bridgehead atoms. The van der Waals surface area contributed by atoms with E-state index in [9.17, 15) is 10.0 Å². The van der Waals surface area contributed by atoms with Crippen LogP contribution in [0, 0.1) is 5.21 Å². The van der Waals surface area contributed by atoms with Gasteiger partial charge in [-0.2, -0.15) is 0 Å². The zero-order chi connectivity index (χ0) is 19.5. The maximum absolute atomic E-state index is 11.6. The highest BCUT2D eigenvalue weighted by atomic mass is 16.5. The Balaban J connectivity index is 3.16. The standard InChI is InChI=1S/C22H46N2O2/c1-4-5-6-7-8-9-10-11-12-13-14-15-16-17-18-19-22(25)23-20-21-24(2,3)26/h4-21H2,1-3H3,(H,23,25). The lowest BCUT2D eigenvalue weighted by molar-refractivity contribution is -0.838. The van der Waals surface area contributed by atoms with Crippen molar-refractivity contribution in [3.63, 3.8) is 0 Å². The Labute approximate surface area is 163 Å². The molecule has 0 radical (unpaired) electrons. The minimum atomic E-state index is -0.348. The molecule has 4 heteroatoms. The smallest absolute Gasteiger partial charge is 0.220 e. The molecule has 0 fully saturated rings. The van der Waals surface area contributed by atoms with Gasteiger partial charge in [0.2, 0.25) is 5.91 Å². The molecule has 0 aromatic rings. The summed E-state index contributed by atoms with van der Waals surface area (Å²) >= 11 is 0. The number of rotatable bonds is 19. The number of nitrogens with zero attached hydrogens (tertiary/aromatic N) is 1. The molecule has 1 N–H and O–H groups in total. The fourth-order valence-electron chi connectivity index (χ4n) is 3.21. The molecular weight excluding hydrogens is 324 g/mol. The summed E-state index contributed by atoms with van der Waals surface area (Å²) in [7, 11) is 3.20. The number of likely N-dealkylation sites (N-methyl/N-ethyl adjacent to an activating group) is 1. The van der Waals surface area contributed by atoms with Gasteiger partial charge in [-0.05, 0) is 6.42 Å². The van der Waals surface area contributed by atoms with Gasteiger partial charge in [-0.15, -0.1) is 0 Å². The van der Waals surface area contributed by atoms with Crippen molar-refractivity contribution in [2.24, 2.45) is 0 Å². The molecule has 0 unspecified atom stereocenters. The molecule has 0 saturated carbocycles. The van der Waals surface area contributed by atoms with E-state index in [0.717, 1.165) is 12.8 Å². The van der Waals surface area contributed by atoms with Gasteiger partial charge in [0.1, 0.15) is 0 Å². The lowest BCUT2D eigenvalue weighted by Crippen LogP contribution is -2.40. The predicted octanol–water partition coefficient (Wildman–Crippen LogP) is 5.94. The lowest BCUT2D eigenvalue weighted by Gasteiger charge is -2.33. The first-order valence-corrected chi connectivity index (χ1v) is 11.3. The molecular formula is C22H46N2O2. The number of carbonyl (C=O) groups excluding carboxylic acids is 1. The minimum Gasteiger partial charge on any atom is -0.633 e. The second-order valence-electron chi connectivity index (χ2n) is 8.35. The third-order valence-corrected chi connectivity index (χ3v) is 4.98. The van der Waals surface area contributed by atoms with Gasteiger partial charge < -0.3 is 15.2 Å². The first-order valence-electron chi connectivity index (χ1n) is 11.3. The maximum Gasteiger partial charge on any atom is 0.220 e. The maximum atomic E-state index is 11.6. The van der Waals surface area contributed by atoms with Gasteiger partial charge >= 0.3 is 0 Å². The first kappa shape index (κ1) is 25.4. The summed E-state index contributed by atoms with van der Waals surface area (Å²) < 4.78 is -0.348. The lowest BCUT2D eigenvalue weighted by atomic mass is 10.0. The van der Waals surface area contributed by atoms with Crippen LogP contribution in [0.5, 0.6) is 0 Å². The summed E-state index contributed by atoms with van der Waals surface area (Å²) in [5.41, 5.74) is 0. The molecule has 0 saturated heterocycles.